The van der Waals surface area contributed by atoms with E-state index in [2.05, 4.69) is 57.4 Å². The van der Waals surface area contributed by atoms with Crippen LogP contribution in [-0.4, -0.2) is 12.1 Å². The van der Waals surface area contributed by atoms with Crippen molar-refractivity contribution < 1.29 is 4.74 Å². The molecule has 3 nitrogen and oxygen atoms in total. The standard InChI is InChI=1S/C16H15BrN2OS/c1-10(11-3-6-15(20-2)13(17)7-11)19-12-4-5-14-16(8-12)21-9-18-14/h3-10,19H,1-2H3. The molecule has 3 aromatic rings. The lowest BCUT2D eigenvalue weighted by Crippen LogP contribution is -2.06. The Balaban J connectivity index is 1.81. The third-order valence-electron chi connectivity index (χ3n) is 3.39. The Hall–Kier alpha value is -1.59. The van der Waals surface area contributed by atoms with Gasteiger partial charge in [-0.2, -0.15) is 0 Å². The van der Waals surface area contributed by atoms with Crippen LogP contribution in [0, 0.1) is 0 Å². The molecule has 0 saturated carbocycles. The predicted molar refractivity (Wildman–Crippen MR) is 92.4 cm³/mol. The number of nitrogens with zero attached hydrogens (tertiary/aromatic N) is 1. The van der Waals surface area contributed by atoms with Gasteiger partial charge in [0.05, 0.1) is 27.3 Å². The van der Waals surface area contributed by atoms with E-state index in [0.29, 0.717) is 0 Å². The van der Waals surface area contributed by atoms with Crippen LogP contribution in [-0.2, 0) is 0 Å². The van der Waals surface area contributed by atoms with Crippen LogP contribution < -0.4 is 10.1 Å². The fourth-order valence-corrected chi connectivity index (χ4v) is 3.50. The summed E-state index contributed by atoms with van der Waals surface area (Å²) in [6.45, 7) is 2.14. The van der Waals surface area contributed by atoms with Crippen molar-refractivity contribution >= 4 is 43.2 Å². The van der Waals surface area contributed by atoms with Gasteiger partial charge >= 0.3 is 0 Å². The molecule has 3 rings (SSSR count). The second-order valence-corrected chi connectivity index (χ2v) is 6.54. The molecule has 0 aliphatic heterocycles. The summed E-state index contributed by atoms with van der Waals surface area (Å²) in [5.74, 6) is 0.844. The van der Waals surface area contributed by atoms with Crippen molar-refractivity contribution in [2.75, 3.05) is 12.4 Å². The summed E-state index contributed by atoms with van der Waals surface area (Å²) >= 11 is 5.19. The maximum absolute atomic E-state index is 5.26. The largest absolute Gasteiger partial charge is 0.496 e. The number of thiazole rings is 1. The van der Waals surface area contributed by atoms with E-state index < -0.39 is 0 Å². The number of hydrogen-bond donors (Lipinski definition) is 1. The van der Waals surface area contributed by atoms with Crippen LogP contribution in [0.2, 0.25) is 0 Å². The number of aromatic nitrogens is 1. The Morgan fingerprint density at radius 3 is 2.86 bits per heavy atom. The lowest BCUT2D eigenvalue weighted by molar-refractivity contribution is 0.412. The van der Waals surface area contributed by atoms with Crippen molar-refractivity contribution in [2.45, 2.75) is 13.0 Å². The van der Waals surface area contributed by atoms with Crippen molar-refractivity contribution in [3.63, 3.8) is 0 Å². The van der Waals surface area contributed by atoms with Crippen molar-refractivity contribution in [2.24, 2.45) is 0 Å². The van der Waals surface area contributed by atoms with Gasteiger partial charge in [0.2, 0.25) is 0 Å². The van der Waals surface area contributed by atoms with Crippen LogP contribution in [0.5, 0.6) is 5.75 Å². The molecule has 5 heteroatoms. The average molecular weight is 363 g/mol. The van der Waals surface area contributed by atoms with E-state index in [9.17, 15) is 0 Å². The second kappa shape index (κ2) is 6.03. The van der Waals surface area contributed by atoms with E-state index in [-0.39, 0.29) is 6.04 Å². The monoisotopic (exact) mass is 362 g/mol. The first-order valence-corrected chi connectivity index (χ1v) is 8.28. The van der Waals surface area contributed by atoms with Crippen molar-refractivity contribution in [1.29, 1.82) is 0 Å². The number of methoxy groups -OCH3 is 1. The minimum absolute atomic E-state index is 0.206. The molecule has 21 heavy (non-hydrogen) atoms. The van der Waals surface area contributed by atoms with Crippen molar-refractivity contribution in [3.05, 3.63) is 51.9 Å². The van der Waals surface area contributed by atoms with E-state index in [1.54, 1.807) is 18.4 Å². The normalized spacial score (nSPS) is 12.3. The molecule has 0 radical (unpaired) electrons. The van der Waals surface area contributed by atoms with Gasteiger partial charge < -0.3 is 10.1 Å². The Labute approximate surface area is 136 Å². The van der Waals surface area contributed by atoms with E-state index in [1.807, 2.05) is 17.6 Å². The number of anilines is 1. The summed E-state index contributed by atoms with van der Waals surface area (Å²) in [6, 6.07) is 12.6. The zero-order valence-electron chi connectivity index (χ0n) is 11.8. The molecule has 0 fully saturated rings. The number of halogens is 1. The molecule has 1 heterocycles. The zero-order chi connectivity index (χ0) is 14.8. The Kier molecular flexibility index (Phi) is 4.12. The molecule has 0 amide bonds. The van der Waals surface area contributed by atoms with Gasteiger partial charge in [0.25, 0.3) is 0 Å². The van der Waals surface area contributed by atoms with Gasteiger partial charge in [-0.15, -0.1) is 11.3 Å². The molecule has 1 N–H and O–H groups in total. The highest BCUT2D eigenvalue weighted by molar-refractivity contribution is 9.10. The van der Waals surface area contributed by atoms with E-state index in [1.165, 1.54) is 10.3 Å². The van der Waals surface area contributed by atoms with Crippen LogP contribution in [0.1, 0.15) is 18.5 Å². The first-order valence-electron chi connectivity index (χ1n) is 6.60. The third-order valence-corrected chi connectivity index (χ3v) is 4.80. The van der Waals surface area contributed by atoms with Gasteiger partial charge in [0, 0.05) is 11.7 Å². The number of rotatable bonds is 4. The highest BCUT2D eigenvalue weighted by atomic mass is 79.9. The highest BCUT2D eigenvalue weighted by Crippen LogP contribution is 2.30. The van der Waals surface area contributed by atoms with Gasteiger partial charge in [-0.25, -0.2) is 4.98 Å². The van der Waals surface area contributed by atoms with Gasteiger partial charge in [-0.05, 0) is 58.7 Å². The molecular weight excluding hydrogens is 348 g/mol. The van der Waals surface area contributed by atoms with Crippen LogP contribution in [0.25, 0.3) is 10.2 Å². The number of hydrogen-bond acceptors (Lipinski definition) is 4. The average Bonchev–Trinajstić information content (AvgIpc) is 2.94. The lowest BCUT2D eigenvalue weighted by Gasteiger charge is -2.17. The summed E-state index contributed by atoms with van der Waals surface area (Å²) in [5, 5.41) is 3.52. The minimum Gasteiger partial charge on any atom is -0.496 e. The molecule has 1 atom stereocenters. The maximum atomic E-state index is 5.26. The van der Waals surface area contributed by atoms with Gasteiger partial charge in [-0.1, -0.05) is 6.07 Å². The van der Waals surface area contributed by atoms with Crippen LogP contribution in [0.15, 0.2) is 46.4 Å². The quantitative estimate of drug-likeness (QED) is 0.688. The zero-order valence-corrected chi connectivity index (χ0v) is 14.2. The number of fused-ring (bicyclic) bond motifs is 1. The smallest absolute Gasteiger partial charge is 0.133 e. The molecule has 0 aliphatic rings. The molecule has 2 aromatic carbocycles. The van der Waals surface area contributed by atoms with Gasteiger partial charge in [0.1, 0.15) is 5.75 Å². The molecule has 108 valence electrons. The lowest BCUT2D eigenvalue weighted by atomic mass is 10.1. The Morgan fingerprint density at radius 2 is 2.10 bits per heavy atom. The molecular formula is C16H15BrN2OS. The second-order valence-electron chi connectivity index (χ2n) is 4.79. The minimum atomic E-state index is 0.206. The molecule has 0 spiro atoms. The fourth-order valence-electron chi connectivity index (χ4n) is 2.23. The summed E-state index contributed by atoms with van der Waals surface area (Å²) in [4.78, 5) is 4.30. The molecule has 0 aliphatic carbocycles. The van der Waals surface area contributed by atoms with E-state index in [0.717, 1.165) is 21.4 Å². The summed E-state index contributed by atoms with van der Waals surface area (Å²) in [7, 11) is 1.67. The van der Waals surface area contributed by atoms with Crippen molar-refractivity contribution in [1.82, 2.24) is 4.98 Å². The first-order chi connectivity index (χ1) is 10.2. The van der Waals surface area contributed by atoms with Crippen molar-refractivity contribution in [3.8, 4) is 5.75 Å². The van der Waals surface area contributed by atoms with Crippen LogP contribution in [0.3, 0.4) is 0 Å². The fraction of sp³-hybridized carbons (Fsp3) is 0.188. The van der Waals surface area contributed by atoms with Crippen LogP contribution in [0.4, 0.5) is 5.69 Å². The summed E-state index contributed by atoms with van der Waals surface area (Å²) in [6.07, 6.45) is 0. The van der Waals surface area contributed by atoms with Crippen LogP contribution >= 0.6 is 27.3 Å². The van der Waals surface area contributed by atoms with Gasteiger partial charge in [0.15, 0.2) is 0 Å². The topological polar surface area (TPSA) is 34.1 Å². The number of ether oxygens (including phenoxy) is 1. The maximum Gasteiger partial charge on any atom is 0.133 e. The highest BCUT2D eigenvalue weighted by Gasteiger charge is 2.09. The third kappa shape index (κ3) is 3.04. The van der Waals surface area contributed by atoms with E-state index in [4.69, 9.17) is 4.74 Å². The summed E-state index contributed by atoms with van der Waals surface area (Å²) < 4.78 is 7.43. The van der Waals surface area contributed by atoms with E-state index >= 15 is 0 Å². The molecule has 0 saturated heterocycles. The molecule has 1 unspecified atom stereocenters. The molecule has 1 aromatic heterocycles. The summed E-state index contributed by atoms with van der Waals surface area (Å²) in [5.41, 5.74) is 5.22. The van der Waals surface area contributed by atoms with Gasteiger partial charge in [-0.3, -0.25) is 0 Å². The molecule has 0 bridgehead atoms. The Morgan fingerprint density at radius 1 is 1.24 bits per heavy atom. The predicted octanol–water partition coefficient (Wildman–Crippen LogP) is 5.24. The Bertz CT molecular complexity index is 772. The number of nitrogens with one attached hydrogen (secondary N) is 1. The number of benzene rings is 2. The first kappa shape index (κ1) is 14.4. The SMILES string of the molecule is COc1ccc(C(C)Nc2ccc3ncsc3c2)cc1Br.